The molecule has 4 rings (SSSR count). The number of hydrogen-bond acceptors (Lipinski definition) is 0. The van der Waals surface area contributed by atoms with E-state index in [0.29, 0.717) is 11.5 Å². The summed E-state index contributed by atoms with van der Waals surface area (Å²) in [6.45, 7) is 4.30. The minimum atomic E-state index is -0.205. The number of hydrogen-bond donors (Lipinski definition) is 0. The number of halogens is 1. The molecule has 0 spiro atoms. The molecule has 0 unspecified atom stereocenters. The Morgan fingerprint density at radius 1 is 0.743 bits per heavy atom. The molecule has 0 nitrogen and oxygen atoms in total. The van der Waals surface area contributed by atoms with Crippen LogP contribution >= 0.6 is 0 Å². The molecule has 1 heteroatoms. The fourth-order valence-electron chi connectivity index (χ4n) is 4.33. The van der Waals surface area contributed by atoms with E-state index in [1.54, 1.807) is 6.07 Å². The quantitative estimate of drug-likeness (QED) is 0.172. The highest BCUT2D eigenvalue weighted by molar-refractivity contribution is 5.72. The van der Waals surface area contributed by atoms with Gasteiger partial charge in [0.15, 0.2) is 0 Å². The van der Waals surface area contributed by atoms with E-state index < -0.39 is 0 Å². The van der Waals surface area contributed by atoms with Crippen LogP contribution in [0.15, 0.2) is 109 Å². The molecule has 0 saturated carbocycles. The van der Waals surface area contributed by atoms with E-state index in [1.807, 2.05) is 31.2 Å². The molecule has 4 aromatic carbocycles. The van der Waals surface area contributed by atoms with Crippen molar-refractivity contribution in [3.8, 4) is 11.1 Å². The maximum atomic E-state index is 14.9. The lowest BCUT2D eigenvalue weighted by atomic mass is 9.93. The summed E-state index contributed by atoms with van der Waals surface area (Å²) in [4.78, 5) is 0. The molecule has 35 heavy (non-hydrogen) atoms. The number of rotatable bonds is 9. The molecular formula is C34H33F. The second-order valence-electron chi connectivity index (χ2n) is 9.13. The summed E-state index contributed by atoms with van der Waals surface area (Å²) >= 11 is 0. The van der Waals surface area contributed by atoms with Crippen molar-refractivity contribution in [1.29, 1.82) is 0 Å². The van der Waals surface area contributed by atoms with Crippen LogP contribution in [0.25, 0.3) is 23.3 Å². The van der Waals surface area contributed by atoms with Gasteiger partial charge in [-0.1, -0.05) is 122 Å². The van der Waals surface area contributed by atoms with Crippen LogP contribution in [0.5, 0.6) is 0 Å². The average Bonchev–Trinajstić information content (AvgIpc) is 2.90. The molecule has 0 saturated heterocycles. The van der Waals surface area contributed by atoms with E-state index in [2.05, 4.69) is 97.9 Å². The van der Waals surface area contributed by atoms with Crippen molar-refractivity contribution < 1.29 is 4.39 Å². The van der Waals surface area contributed by atoms with Crippen molar-refractivity contribution in [2.75, 3.05) is 0 Å². The Kier molecular flexibility index (Phi) is 8.46. The Labute approximate surface area is 209 Å². The van der Waals surface area contributed by atoms with Crippen LogP contribution in [0.2, 0.25) is 0 Å². The van der Waals surface area contributed by atoms with Crippen LogP contribution in [0.4, 0.5) is 4.39 Å². The predicted molar refractivity (Wildman–Crippen MR) is 149 cm³/mol. The van der Waals surface area contributed by atoms with E-state index in [0.717, 1.165) is 36.0 Å². The third kappa shape index (κ3) is 6.90. The second-order valence-corrected chi connectivity index (χ2v) is 9.13. The minimum Gasteiger partial charge on any atom is -0.206 e. The van der Waals surface area contributed by atoms with E-state index >= 15 is 0 Å². The van der Waals surface area contributed by atoms with Crippen molar-refractivity contribution in [3.05, 3.63) is 143 Å². The standard InChI is InChI=1S/C34H33F/c1-3-4-6-9-27-12-14-28(15-13-27)16-21-32-22-23-33(25-34(32)35)31-19-17-29(18-20-31)24-26(2)30-10-7-5-8-11-30/h3-5,7-8,10-23,25-26H,6,9,24H2,1-2H3/t26-/m0/s1. The number of benzene rings is 4. The largest absolute Gasteiger partial charge is 0.206 e. The molecule has 0 aliphatic heterocycles. The van der Waals surface area contributed by atoms with Crippen LogP contribution in [-0.4, -0.2) is 0 Å². The SMILES string of the molecule is CC=CCCc1ccc(C=Cc2ccc(-c3ccc(C[C@H](C)c4ccccc4)cc3)cc2F)cc1. The molecule has 4 aromatic rings. The van der Waals surface area contributed by atoms with E-state index in [-0.39, 0.29) is 5.82 Å². The number of allylic oxidation sites excluding steroid dienone is 2. The molecule has 0 amide bonds. The Hall–Kier alpha value is -3.71. The van der Waals surface area contributed by atoms with Gasteiger partial charge in [-0.3, -0.25) is 0 Å². The van der Waals surface area contributed by atoms with Gasteiger partial charge in [-0.2, -0.15) is 0 Å². The summed E-state index contributed by atoms with van der Waals surface area (Å²) in [6, 6.07) is 33.0. The van der Waals surface area contributed by atoms with Crippen LogP contribution in [0.3, 0.4) is 0 Å². The molecule has 0 bridgehead atoms. The van der Waals surface area contributed by atoms with E-state index in [4.69, 9.17) is 0 Å². The van der Waals surface area contributed by atoms with Gasteiger partial charge in [0.25, 0.3) is 0 Å². The first-order valence-corrected chi connectivity index (χ1v) is 12.4. The molecule has 0 radical (unpaired) electrons. The summed E-state index contributed by atoms with van der Waals surface area (Å²) < 4.78 is 14.9. The first-order chi connectivity index (χ1) is 17.1. The molecule has 0 fully saturated rings. The molecule has 0 N–H and O–H groups in total. The fourth-order valence-corrected chi connectivity index (χ4v) is 4.33. The van der Waals surface area contributed by atoms with E-state index in [1.165, 1.54) is 16.7 Å². The third-order valence-corrected chi connectivity index (χ3v) is 6.47. The molecule has 0 aromatic heterocycles. The molecular weight excluding hydrogens is 427 g/mol. The van der Waals surface area contributed by atoms with Gasteiger partial charge in [-0.05, 0) is 71.6 Å². The highest BCUT2D eigenvalue weighted by Gasteiger charge is 2.08. The molecule has 1 atom stereocenters. The lowest BCUT2D eigenvalue weighted by Crippen LogP contribution is -1.98. The lowest BCUT2D eigenvalue weighted by Gasteiger charge is -2.12. The minimum absolute atomic E-state index is 0.205. The van der Waals surface area contributed by atoms with Crippen LogP contribution in [0, 0.1) is 5.82 Å². The summed E-state index contributed by atoms with van der Waals surface area (Å²) in [5.41, 5.74) is 7.55. The number of aryl methyl sites for hydroxylation is 1. The summed E-state index contributed by atoms with van der Waals surface area (Å²) in [6.07, 6.45) is 11.2. The van der Waals surface area contributed by atoms with Crippen LogP contribution in [0.1, 0.15) is 54.0 Å². The highest BCUT2D eigenvalue weighted by Crippen LogP contribution is 2.26. The summed E-state index contributed by atoms with van der Waals surface area (Å²) in [5, 5.41) is 0. The Balaban J connectivity index is 1.39. The van der Waals surface area contributed by atoms with Crippen molar-refractivity contribution in [2.24, 2.45) is 0 Å². The molecule has 0 heterocycles. The Morgan fingerprint density at radius 3 is 2.11 bits per heavy atom. The lowest BCUT2D eigenvalue weighted by molar-refractivity contribution is 0.625. The third-order valence-electron chi connectivity index (χ3n) is 6.47. The predicted octanol–water partition coefficient (Wildman–Crippen LogP) is 9.52. The van der Waals surface area contributed by atoms with Gasteiger partial charge in [0.2, 0.25) is 0 Å². The van der Waals surface area contributed by atoms with Crippen molar-refractivity contribution >= 4 is 12.2 Å². The molecule has 176 valence electrons. The zero-order chi connectivity index (χ0) is 24.5. The molecule has 0 aliphatic carbocycles. The smallest absolute Gasteiger partial charge is 0.131 e. The first-order valence-electron chi connectivity index (χ1n) is 12.4. The molecule has 0 aliphatic rings. The van der Waals surface area contributed by atoms with Gasteiger partial charge in [0.1, 0.15) is 5.82 Å². The van der Waals surface area contributed by atoms with Gasteiger partial charge in [-0.25, -0.2) is 4.39 Å². The van der Waals surface area contributed by atoms with Gasteiger partial charge in [0.05, 0.1) is 0 Å². The Morgan fingerprint density at radius 2 is 1.43 bits per heavy atom. The van der Waals surface area contributed by atoms with Gasteiger partial charge in [0, 0.05) is 5.56 Å². The van der Waals surface area contributed by atoms with Crippen molar-refractivity contribution in [3.63, 3.8) is 0 Å². The van der Waals surface area contributed by atoms with Crippen molar-refractivity contribution in [1.82, 2.24) is 0 Å². The fraction of sp³-hybridized carbons (Fsp3) is 0.176. The van der Waals surface area contributed by atoms with Gasteiger partial charge < -0.3 is 0 Å². The monoisotopic (exact) mass is 460 g/mol. The zero-order valence-electron chi connectivity index (χ0n) is 20.6. The van der Waals surface area contributed by atoms with Crippen molar-refractivity contribution in [2.45, 2.75) is 39.0 Å². The maximum Gasteiger partial charge on any atom is 0.131 e. The Bertz CT molecular complexity index is 1260. The first kappa shape index (κ1) is 24.4. The van der Waals surface area contributed by atoms with Crippen LogP contribution < -0.4 is 0 Å². The topological polar surface area (TPSA) is 0 Å². The summed E-state index contributed by atoms with van der Waals surface area (Å²) in [7, 11) is 0. The van der Waals surface area contributed by atoms with Gasteiger partial charge in [-0.15, -0.1) is 0 Å². The normalized spacial score (nSPS) is 12.4. The maximum absolute atomic E-state index is 14.9. The highest BCUT2D eigenvalue weighted by atomic mass is 19.1. The zero-order valence-corrected chi connectivity index (χ0v) is 20.6. The van der Waals surface area contributed by atoms with Crippen LogP contribution in [-0.2, 0) is 12.8 Å². The second kappa shape index (κ2) is 12.1. The van der Waals surface area contributed by atoms with E-state index in [9.17, 15) is 4.39 Å². The average molecular weight is 461 g/mol. The summed E-state index contributed by atoms with van der Waals surface area (Å²) in [5.74, 6) is 0.253. The van der Waals surface area contributed by atoms with Gasteiger partial charge >= 0.3 is 0 Å².